The number of pyridine rings is 1. The van der Waals surface area contributed by atoms with Crippen LogP contribution in [0.5, 0.6) is 0 Å². The fourth-order valence-corrected chi connectivity index (χ4v) is 4.40. The molecule has 4 nitrogen and oxygen atoms in total. The normalized spacial score (nSPS) is 21.1. The molecule has 0 bridgehead atoms. The summed E-state index contributed by atoms with van der Waals surface area (Å²) in [5.74, 6) is 0.137. The second kappa shape index (κ2) is 7.58. The zero-order valence-electron chi connectivity index (χ0n) is 15.5. The van der Waals surface area contributed by atoms with Crippen LogP contribution in [0.1, 0.15) is 41.7 Å². The number of nitrogens with zero attached hydrogens (tertiary/aromatic N) is 3. The van der Waals surface area contributed by atoms with Gasteiger partial charge in [-0.25, -0.2) is 0 Å². The molecule has 2 aliphatic rings. The lowest BCUT2D eigenvalue weighted by Crippen LogP contribution is -2.49. The average molecular weight is 349 g/mol. The second-order valence-electron chi connectivity index (χ2n) is 7.48. The van der Waals surface area contributed by atoms with Crippen LogP contribution in [0.25, 0.3) is 11.1 Å². The van der Waals surface area contributed by atoms with Crippen molar-refractivity contribution in [3.8, 4) is 11.1 Å². The molecule has 1 amide bonds. The van der Waals surface area contributed by atoms with E-state index in [0.29, 0.717) is 6.04 Å². The minimum absolute atomic E-state index is 0.137. The molecule has 3 heterocycles. The Bertz CT molecular complexity index is 768. The van der Waals surface area contributed by atoms with Gasteiger partial charge in [0.15, 0.2) is 0 Å². The molecule has 4 rings (SSSR count). The number of piperidine rings is 1. The summed E-state index contributed by atoms with van der Waals surface area (Å²) < 4.78 is 0. The summed E-state index contributed by atoms with van der Waals surface area (Å²) in [6.45, 7) is 6.02. The predicted molar refractivity (Wildman–Crippen MR) is 104 cm³/mol. The molecule has 1 aromatic carbocycles. The first-order chi connectivity index (χ1) is 12.7. The van der Waals surface area contributed by atoms with Crippen LogP contribution in [0.15, 0.2) is 42.6 Å². The fraction of sp³-hybridized carbons (Fsp3) is 0.455. The molecule has 2 aliphatic heterocycles. The first-order valence-corrected chi connectivity index (χ1v) is 9.78. The van der Waals surface area contributed by atoms with Crippen molar-refractivity contribution in [1.29, 1.82) is 0 Å². The molecular formula is C22H27N3O. The topological polar surface area (TPSA) is 36.4 Å². The lowest BCUT2D eigenvalue weighted by atomic mass is 9.97. The molecule has 0 N–H and O–H groups in total. The summed E-state index contributed by atoms with van der Waals surface area (Å²) >= 11 is 0. The molecule has 1 aromatic heterocycles. The Hall–Kier alpha value is -2.20. The Labute approximate surface area is 155 Å². The monoisotopic (exact) mass is 349 g/mol. The molecule has 2 aromatic rings. The van der Waals surface area contributed by atoms with Crippen molar-refractivity contribution in [3.63, 3.8) is 0 Å². The van der Waals surface area contributed by atoms with Crippen LogP contribution in [-0.4, -0.2) is 52.9 Å². The van der Waals surface area contributed by atoms with E-state index < -0.39 is 0 Å². The summed E-state index contributed by atoms with van der Waals surface area (Å²) in [6, 6.07) is 12.7. The van der Waals surface area contributed by atoms with Crippen molar-refractivity contribution in [2.24, 2.45) is 0 Å². The molecule has 2 fully saturated rings. The molecule has 0 spiro atoms. The summed E-state index contributed by atoms with van der Waals surface area (Å²) in [6.07, 6.45) is 6.69. The van der Waals surface area contributed by atoms with Crippen LogP contribution in [0.4, 0.5) is 0 Å². The highest BCUT2D eigenvalue weighted by Crippen LogP contribution is 2.28. The first-order valence-electron chi connectivity index (χ1n) is 9.78. The predicted octanol–water partition coefficient (Wildman–Crippen LogP) is 3.76. The highest BCUT2D eigenvalue weighted by Gasteiger charge is 2.31. The summed E-state index contributed by atoms with van der Waals surface area (Å²) in [5, 5.41) is 0. The van der Waals surface area contributed by atoms with Gasteiger partial charge in [0.1, 0.15) is 0 Å². The van der Waals surface area contributed by atoms with E-state index in [2.05, 4.69) is 26.9 Å². The van der Waals surface area contributed by atoms with Gasteiger partial charge in [0.05, 0.1) is 11.3 Å². The van der Waals surface area contributed by atoms with Crippen molar-refractivity contribution in [2.75, 3.05) is 26.2 Å². The van der Waals surface area contributed by atoms with E-state index in [-0.39, 0.29) is 5.91 Å². The van der Waals surface area contributed by atoms with Gasteiger partial charge in [-0.3, -0.25) is 14.7 Å². The lowest BCUT2D eigenvalue weighted by molar-refractivity contribution is 0.0607. The second-order valence-corrected chi connectivity index (χ2v) is 7.48. The third kappa shape index (κ3) is 3.38. The molecule has 1 atom stereocenters. The zero-order valence-corrected chi connectivity index (χ0v) is 15.5. The van der Waals surface area contributed by atoms with Crippen LogP contribution in [0.2, 0.25) is 0 Å². The number of hydrogen-bond acceptors (Lipinski definition) is 3. The summed E-state index contributed by atoms with van der Waals surface area (Å²) in [5.41, 5.74) is 3.65. The number of likely N-dealkylation sites (tertiary alicyclic amines) is 2. The number of hydrogen-bond donors (Lipinski definition) is 0. The Morgan fingerprint density at radius 2 is 1.81 bits per heavy atom. The van der Waals surface area contributed by atoms with E-state index in [4.69, 9.17) is 0 Å². The van der Waals surface area contributed by atoms with Gasteiger partial charge in [-0.05, 0) is 62.9 Å². The van der Waals surface area contributed by atoms with Crippen LogP contribution < -0.4 is 0 Å². The Morgan fingerprint density at radius 3 is 2.58 bits per heavy atom. The number of aryl methyl sites for hydroxylation is 1. The largest absolute Gasteiger partial charge is 0.337 e. The van der Waals surface area contributed by atoms with Crippen molar-refractivity contribution in [2.45, 2.75) is 38.6 Å². The van der Waals surface area contributed by atoms with Gasteiger partial charge in [-0.1, -0.05) is 30.3 Å². The highest BCUT2D eigenvalue weighted by molar-refractivity contribution is 6.01. The molecule has 0 saturated carbocycles. The number of benzene rings is 1. The fourth-order valence-electron chi connectivity index (χ4n) is 4.40. The van der Waals surface area contributed by atoms with E-state index in [9.17, 15) is 4.79 Å². The van der Waals surface area contributed by atoms with Gasteiger partial charge in [0, 0.05) is 25.3 Å². The van der Waals surface area contributed by atoms with Gasteiger partial charge in [-0.2, -0.15) is 0 Å². The molecule has 4 heteroatoms. The molecule has 0 radical (unpaired) electrons. The Kier molecular flexibility index (Phi) is 5.02. The minimum atomic E-state index is 0.137. The highest BCUT2D eigenvalue weighted by atomic mass is 16.2. The number of aromatic nitrogens is 1. The van der Waals surface area contributed by atoms with Gasteiger partial charge < -0.3 is 4.90 Å². The third-order valence-electron chi connectivity index (χ3n) is 5.78. The maximum absolute atomic E-state index is 13.4. The minimum Gasteiger partial charge on any atom is -0.337 e. The van der Waals surface area contributed by atoms with Crippen molar-refractivity contribution >= 4 is 5.91 Å². The van der Waals surface area contributed by atoms with Gasteiger partial charge in [0.2, 0.25) is 0 Å². The van der Waals surface area contributed by atoms with Gasteiger partial charge in [0.25, 0.3) is 5.91 Å². The van der Waals surface area contributed by atoms with Crippen LogP contribution >= 0.6 is 0 Å². The molecule has 26 heavy (non-hydrogen) atoms. The van der Waals surface area contributed by atoms with Gasteiger partial charge >= 0.3 is 0 Å². The van der Waals surface area contributed by atoms with Crippen molar-refractivity contribution < 1.29 is 4.79 Å². The maximum Gasteiger partial charge on any atom is 0.256 e. The average Bonchev–Trinajstić information content (AvgIpc) is 3.23. The summed E-state index contributed by atoms with van der Waals surface area (Å²) in [7, 11) is 0. The lowest BCUT2D eigenvalue weighted by Gasteiger charge is -2.38. The van der Waals surface area contributed by atoms with E-state index in [1.807, 2.05) is 31.2 Å². The van der Waals surface area contributed by atoms with E-state index in [1.165, 1.54) is 32.4 Å². The maximum atomic E-state index is 13.4. The first kappa shape index (κ1) is 17.2. The standard InChI is InChI=1S/C22H27N3O/c1-17-21(20(11-12-23-17)18-8-3-2-4-9-18)22(26)25-15-7-10-19(16-25)24-13-5-6-14-24/h2-4,8-9,11-12,19H,5-7,10,13-16H2,1H3/t19-/m1/s1. The Morgan fingerprint density at radius 1 is 1.04 bits per heavy atom. The van der Waals surface area contributed by atoms with E-state index in [1.54, 1.807) is 6.20 Å². The van der Waals surface area contributed by atoms with Crippen LogP contribution in [0.3, 0.4) is 0 Å². The molecule has 2 saturated heterocycles. The number of carbonyl (C=O) groups excluding carboxylic acids is 1. The van der Waals surface area contributed by atoms with Crippen molar-refractivity contribution in [3.05, 3.63) is 53.9 Å². The van der Waals surface area contributed by atoms with Crippen molar-refractivity contribution in [1.82, 2.24) is 14.8 Å². The Balaban J connectivity index is 1.62. The molecular weight excluding hydrogens is 322 g/mol. The zero-order chi connectivity index (χ0) is 17.9. The quantitative estimate of drug-likeness (QED) is 0.847. The van der Waals surface area contributed by atoms with E-state index >= 15 is 0 Å². The van der Waals surface area contributed by atoms with Crippen LogP contribution in [-0.2, 0) is 0 Å². The molecule has 0 unspecified atom stereocenters. The summed E-state index contributed by atoms with van der Waals surface area (Å²) in [4.78, 5) is 22.5. The van der Waals surface area contributed by atoms with Crippen LogP contribution in [0, 0.1) is 6.92 Å². The molecule has 136 valence electrons. The number of carbonyl (C=O) groups is 1. The molecule has 0 aliphatic carbocycles. The third-order valence-corrected chi connectivity index (χ3v) is 5.78. The SMILES string of the molecule is Cc1nccc(-c2ccccc2)c1C(=O)N1CCC[C@@H](N2CCCC2)C1. The van der Waals surface area contributed by atoms with E-state index in [0.717, 1.165) is 41.9 Å². The smallest absolute Gasteiger partial charge is 0.256 e. The van der Waals surface area contributed by atoms with Gasteiger partial charge in [-0.15, -0.1) is 0 Å². The number of amides is 1. The number of rotatable bonds is 3.